The summed E-state index contributed by atoms with van der Waals surface area (Å²) in [6, 6.07) is 14.4. The summed E-state index contributed by atoms with van der Waals surface area (Å²) >= 11 is 1.55. The molecule has 0 radical (unpaired) electrons. The number of hydrogen-bond acceptors (Lipinski definition) is 4. The number of aromatic nitrogens is 1. The lowest BCUT2D eigenvalue weighted by Crippen LogP contribution is -1.92. The van der Waals surface area contributed by atoms with Crippen LogP contribution in [0, 0.1) is 6.92 Å². The van der Waals surface area contributed by atoms with E-state index in [2.05, 4.69) is 11.1 Å². The first-order chi connectivity index (χ1) is 11.1. The molecule has 0 aliphatic heterocycles. The van der Waals surface area contributed by atoms with Gasteiger partial charge in [0.1, 0.15) is 10.8 Å². The third kappa shape index (κ3) is 3.73. The Hall–Kier alpha value is -2.72. The molecule has 1 heterocycles. The molecule has 0 aliphatic carbocycles. The smallest absolute Gasteiger partial charge is 0.185 e. The van der Waals surface area contributed by atoms with Crippen molar-refractivity contribution in [2.24, 2.45) is 0 Å². The molecule has 0 amide bonds. The molecule has 4 heteroatoms. The minimum atomic E-state index is -0.116. The van der Waals surface area contributed by atoms with Crippen molar-refractivity contribution in [3.05, 3.63) is 76.8 Å². The van der Waals surface area contributed by atoms with Crippen LogP contribution in [0.5, 0.6) is 5.75 Å². The normalized spacial score (nSPS) is 11.0. The fourth-order valence-corrected chi connectivity index (χ4v) is 2.94. The Labute approximate surface area is 138 Å². The van der Waals surface area contributed by atoms with Crippen LogP contribution in [-0.2, 0) is 0 Å². The van der Waals surface area contributed by atoms with Crippen molar-refractivity contribution in [2.45, 2.75) is 6.92 Å². The van der Waals surface area contributed by atoms with Crippen LogP contribution in [0.3, 0.4) is 0 Å². The van der Waals surface area contributed by atoms with Crippen LogP contribution in [0.4, 0.5) is 0 Å². The van der Waals surface area contributed by atoms with Crippen LogP contribution in [0.2, 0.25) is 0 Å². The van der Waals surface area contributed by atoms with E-state index in [0.29, 0.717) is 5.56 Å². The van der Waals surface area contributed by atoms with Gasteiger partial charge in [0.25, 0.3) is 0 Å². The number of thiazole rings is 1. The number of nitrogens with zero attached hydrogens (tertiary/aromatic N) is 1. The Bertz CT molecular complexity index is 863. The van der Waals surface area contributed by atoms with Gasteiger partial charge in [0.2, 0.25) is 0 Å². The molecule has 0 saturated carbocycles. The standard InChI is InChI=1S/C19H15NO2S/c1-13-3-2-4-15(11-13)19-20-16(12-23-19)7-10-18(22)14-5-8-17(21)9-6-14/h2-12,21H,1H3. The Balaban J connectivity index is 1.76. The van der Waals surface area contributed by atoms with Gasteiger partial charge >= 0.3 is 0 Å². The first-order valence-electron chi connectivity index (χ1n) is 7.16. The summed E-state index contributed by atoms with van der Waals surface area (Å²) in [7, 11) is 0. The number of ketones is 1. The van der Waals surface area contributed by atoms with Crippen LogP contribution >= 0.6 is 11.3 Å². The third-order valence-corrected chi connectivity index (χ3v) is 4.25. The fourth-order valence-electron chi connectivity index (χ4n) is 2.16. The number of aromatic hydroxyl groups is 1. The summed E-state index contributed by atoms with van der Waals surface area (Å²) in [5.41, 5.74) is 3.57. The van der Waals surface area contributed by atoms with Crippen LogP contribution in [-0.4, -0.2) is 15.9 Å². The second-order valence-corrected chi connectivity index (χ2v) is 6.05. The topological polar surface area (TPSA) is 50.2 Å². The van der Waals surface area contributed by atoms with E-state index in [1.807, 2.05) is 30.5 Å². The number of phenols is 1. The predicted molar refractivity (Wildman–Crippen MR) is 93.8 cm³/mol. The van der Waals surface area contributed by atoms with E-state index in [1.54, 1.807) is 29.5 Å². The molecule has 1 aromatic heterocycles. The number of aryl methyl sites for hydroxylation is 1. The summed E-state index contributed by atoms with van der Waals surface area (Å²) < 4.78 is 0. The maximum atomic E-state index is 12.1. The number of carbonyl (C=O) groups is 1. The molecular formula is C19H15NO2S. The van der Waals surface area contributed by atoms with E-state index in [4.69, 9.17) is 0 Å². The molecule has 0 saturated heterocycles. The molecule has 0 bridgehead atoms. The van der Waals surface area contributed by atoms with Crippen molar-refractivity contribution in [3.8, 4) is 16.3 Å². The van der Waals surface area contributed by atoms with E-state index >= 15 is 0 Å². The Morgan fingerprint density at radius 1 is 1.17 bits per heavy atom. The van der Waals surface area contributed by atoms with Gasteiger partial charge in [-0.25, -0.2) is 4.98 Å². The zero-order chi connectivity index (χ0) is 16.2. The predicted octanol–water partition coefficient (Wildman–Crippen LogP) is 4.72. The molecule has 0 unspecified atom stereocenters. The number of rotatable bonds is 4. The van der Waals surface area contributed by atoms with Crippen molar-refractivity contribution in [1.29, 1.82) is 0 Å². The molecule has 0 aliphatic rings. The van der Waals surface area contributed by atoms with Crippen LogP contribution in [0.1, 0.15) is 21.6 Å². The van der Waals surface area contributed by atoms with Crippen molar-refractivity contribution in [3.63, 3.8) is 0 Å². The lowest BCUT2D eigenvalue weighted by atomic mass is 10.1. The fraction of sp³-hybridized carbons (Fsp3) is 0.0526. The molecule has 1 N–H and O–H groups in total. The second-order valence-electron chi connectivity index (χ2n) is 5.19. The quantitative estimate of drug-likeness (QED) is 0.559. The average Bonchev–Trinajstić information content (AvgIpc) is 3.02. The maximum Gasteiger partial charge on any atom is 0.185 e. The molecule has 2 aromatic carbocycles. The molecule has 0 fully saturated rings. The highest BCUT2D eigenvalue weighted by Crippen LogP contribution is 2.25. The van der Waals surface area contributed by atoms with E-state index in [-0.39, 0.29) is 11.5 Å². The van der Waals surface area contributed by atoms with Crippen molar-refractivity contribution < 1.29 is 9.90 Å². The van der Waals surface area contributed by atoms with E-state index in [1.165, 1.54) is 23.8 Å². The van der Waals surface area contributed by atoms with Crippen molar-refractivity contribution >= 4 is 23.2 Å². The monoisotopic (exact) mass is 321 g/mol. The zero-order valence-electron chi connectivity index (χ0n) is 12.6. The Kier molecular flexibility index (Phi) is 4.35. The molecule has 0 atom stereocenters. The Morgan fingerprint density at radius 2 is 1.96 bits per heavy atom. The van der Waals surface area contributed by atoms with Crippen LogP contribution in [0.15, 0.2) is 60.0 Å². The molecule has 3 nitrogen and oxygen atoms in total. The molecular weight excluding hydrogens is 306 g/mol. The molecule has 114 valence electrons. The van der Waals surface area contributed by atoms with E-state index < -0.39 is 0 Å². The highest BCUT2D eigenvalue weighted by Gasteiger charge is 2.05. The van der Waals surface area contributed by atoms with Crippen LogP contribution in [0.25, 0.3) is 16.6 Å². The molecule has 0 spiro atoms. The van der Waals surface area contributed by atoms with E-state index in [9.17, 15) is 9.90 Å². The van der Waals surface area contributed by atoms with E-state index in [0.717, 1.165) is 16.3 Å². The molecule has 23 heavy (non-hydrogen) atoms. The maximum absolute atomic E-state index is 12.1. The first kappa shape index (κ1) is 15.2. The van der Waals surface area contributed by atoms with Gasteiger partial charge in [-0.2, -0.15) is 0 Å². The molecule has 3 aromatic rings. The van der Waals surface area contributed by atoms with Gasteiger partial charge in [-0.3, -0.25) is 4.79 Å². The van der Waals surface area contributed by atoms with Gasteiger partial charge in [-0.05, 0) is 49.4 Å². The summed E-state index contributed by atoms with van der Waals surface area (Å²) in [5.74, 6) is 0.0305. The number of benzene rings is 2. The summed E-state index contributed by atoms with van der Waals surface area (Å²) in [4.78, 5) is 16.6. The highest BCUT2D eigenvalue weighted by molar-refractivity contribution is 7.13. The number of carbonyl (C=O) groups excluding carboxylic acids is 1. The van der Waals surface area contributed by atoms with Gasteiger partial charge in [0.05, 0.1) is 5.69 Å². The second kappa shape index (κ2) is 6.58. The minimum absolute atomic E-state index is 0.116. The van der Waals surface area contributed by atoms with Gasteiger partial charge in [0, 0.05) is 16.5 Å². The zero-order valence-corrected chi connectivity index (χ0v) is 13.4. The van der Waals surface area contributed by atoms with Gasteiger partial charge in [-0.1, -0.05) is 23.8 Å². The van der Waals surface area contributed by atoms with Gasteiger partial charge < -0.3 is 5.11 Å². The third-order valence-electron chi connectivity index (χ3n) is 3.34. The lowest BCUT2D eigenvalue weighted by molar-refractivity contribution is 0.104. The summed E-state index contributed by atoms with van der Waals surface area (Å²) in [6.45, 7) is 2.05. The average molecular weight is 321 g/mol. The van der Waals surface area contributed by atoms with Gasteiger partial charge in [-0.15, -0.1) is 11.3 Å². The van der Waals surface area contributed by atoms with Crippen molar-refractivity contribution in [2.75, 3.05) is 0 Å². The summed E-state index contributed by atoms with van der Waals surface area (Å²) in [6.07, 6.45) is 3.21. The Morgan fingerprint density at radius 3 is 2.70 bits per heavy atom. The van der Waals surface area contributed by atoms with Crippen molar-refractivity contribution in [1.82, 2.24) is 4.98 Å². The van der Waals surface area contributed by atoms with Crippen LogP contribution < -0.4 is 0 Å². The minimum Gasteiger partial charge on any atom is -0.508 e. The number of phenolic OH excluding ortho intramolecular Hbond substituents is 1. The lowest BCUT2D eigenvalue weighted by Gasteiger charge is -1.97. The highest BCUT2D eigenvalue weighted by atomic mass is 32.1. The first-order valence-corrected chi connectivity index (χ1v) is 8.04. The van der Waals surface area contributed by atoms with Gasteiger partial charge in [0.15, 0.2) is 5.78 Å². The largest absolute Gasteiger partial charge is 0.508 e. The number of allylic oxidation sites excluding steroid dienone is 1. The number of hydrogen-bond donors (Lipinski definition) is 1. The summed E-state index contributed by atoms with van der Waals surface area (Å²) in [5, 5.41) is 12.1. The molecule has 3 rings (SSSR count). The SMILES string of the molecule is Cc1cccc(-c2nc(C=CC(=O)c3ccc(O)cc3)cs2)c1.